The average molecular weight is 272 g/mol. The summed E-state index contributed by atoms with van der Waals surface area (Å²) in [6.07, 6.45) is 5.79. The molecule has 104 valence electrons. The smallest absolute Gasteiger partial charge is 0.0127 e. The molecule has 4 aliphatic rings. The first-order valence-corrected chi connectivity index (χ1v) is 8.39. The van der Waals surface area contributed by atoms with Gasteiger partial charge in [0.2, 0.25) is 0 Å². The van der Waals surface area contributed by atoms with Crippen molar-refractivity contribution in [1.29, 1.82) is 0 Å². The number of hydrogen-bond donors (Lipinski definition) is 0. The summed E-state index contributed by atoms with van der Waals surface area (Å²) < 4.78 is 0. The van der Waals surface area contributed by atoms with E-state index in [1.54, 1.807) is 11.1 Å². The van der Waals surface area contributed by atoms with Crippen LogP contribution in [0.5, 0.6) is 0 Å². The van der Waals surface area contributed by atoms with Crippen LogP contribution in [0.25, 0.3) is 11.1 Å². The zero-order valence-electron chi connectivity index (χ0n) is 12.8. The molecular formula is C21H20. The molecule has 0 unspecified atom stereocenters. The standard InChI is InChI=1S/C21H20/c1-13-3-5-15-16-6-4-14(2)12-18(16)21-10-8-19(21)7-9-20(19,21)17(15)11-13/h3-6,11-12H,7-10H2,1-2H3/t19?,20-,21-/m0/s1. The van der Waals surface area contributed by atoms with Crippen LogP contribution >= 0.6 is 0 Å². The Bertz CT molecular complexity index is 772. The van der Waals surface area contributed by atoms with Crippen molar-refractivity contribution in [1.82, 2.24) is 0 Å². The Hall–Kier alpha value is -1.56. The average Bonchev–Trinajstić information content (AvgIpc) is 2.68. The normalized spacial score (nSPS) is 39.7. The van der Waals surface area contributed by atoms with Crippen LogP contribution in [0, 0.1) is 19.3 Å². The van der Waals surface area contributed by atoms with Crippen LogP contribution in [0.2, 0.25) is 0 Å². The van der Waals surface area contributed by atoms with E-state index < -0.39 is 0 Å². The van der Waals surface area contributed by atoms with E-state index in [0.29, 0.717) is 16.2 Å². The molecular weight excluding hydrogens is 252 g/mol. The molecule has 3 spiro atoms. The number of rotatable bonds is 0. The summed E-state index contributed by atoms with van der Waals surface area (Å²) in [4.78, 5) is 0. The fourth-order valence-corrected chi connectivity index (χ4v) is 6.92. The molecule has 0 bridgehead atoms. The van der Waals surface area contributed by atoms with Gasteiger partial charge < -0.3 is 0 Å². The predicted octanol–water partition coefficient (Wildman–Crippen LogP) is 5.05. The van der Waals surface area contributed by atoms with Crippen molar-refractivity contribution in [3.8, 4) is 11.1 Å². The van der Waals surface area contributed by atoms with Crippen molar-refractivity contribution < 1.29 is 0 Å². The molecule has 0 nitrogen and oxygen atoms in total. The minimum atomic E-state index is 0.530. The van der Waals surface area contributed by atoms with Crippen molar-refractivity contribution in [2.24, 2.45) is 5.41 Å². The molecule has 0 aliphatic heterocycles. The van der Waals surface area contributed by atoms with Crippen molar-refractivity contribution in [2.75, 3.05) is 0 Å². The largest absolute Gasteiger partial charge is 0.0587 e. The molecule has 0 heteroatoms. The van der Waals surface area contributed by atoms with E-state index in [-0.39, 0.29) is 0 Å². The summed E-state index contributed by atoms with van der Waals surface area (Å²) >= 11 is 0. The highest BCUT2D eigenvalue weighted by molar-refractivity contribution is 5.86. The third-order valence-electron chi connectivity index (χ3n) is 7.71. The summed E-state index contributed by atoms with van der Waals surface area (Å²) in [5.41, 5.74) is 11.0. The topological polar surface area (TPSA) is 0 Å². The SMILES string of the molecule is Cc1ccc2c(c1)[C@@]13CCC14CC[C@]43c1cc(C)ccc1-2. The Labute approximate surface area is 126 Å². The molecule has 2 aromatic rings. The van der Waals surface area contributed by atoms with E-state index in [1.807, 2.05) is 0 Å². The molecule has 21 heavy (non-hydrogen) atoms. The fraction of sp³-hybridized carbons (Fsp3) is 0.429. The lowest BCUT2D eigenvalue weighted by Gasteiger charge is -2.37. The molecule has 0 saturated heterocycles. The lowest BCUT2D eigenvalue weighted by molar-refractivity contribution is 0.183. The zero-order chi connectivity index (χ0) is 14.0. The van der Waals surface area contributed by atoms with Crippen LogP contribution in [0.15, 0.2) is 36.4 Å². The van der Waals surface area contributed by atoms with Gasteiger partial charge in [-0.15, -0.1) is 0 Å². The summed E-state index contributed by atoms with van der Waals surface area (Å²) in [5, 5.41) is 0. The first-order valence-electron chi connectivity index (χ1n) is 8.39. The first kappa shape index (κ1) is 11.1. The Balaban J connectivity index is 1.79. The van der Waals surface area contributed by atoms with Crippen LogP contribution in [-0.2, 0) is 10.8 Å². The zero-order valence-corrected chi connectivity index (χ0v) is 12.8. The molecule has 2 atom stereocenters. The highest BCUT2D eigenvalue weighted by Crippen LogP contribution is 2.99. The van der Waals surface area contributed by atoms with E-state index >= 15 is 0 Å². The number of fused-ring (bicyclic) bond motifs is 3. The molecule has 3 saturated carbocycles. The monoisotopic (exact) mass is 272 g/mol. The van der Waals surface area contributed by atoms with Crippen molar-refractivity contribution in [2.45, 2.75) is 50.4 Å². The lowest BCUT2D eigenvalue weighted by atomic mass is 9.66. The van der Waals surface area contributed by atoms with E-state index in [9.17, 15) is 0 Å². The third-order valence-corrected chi connectivity index (χ3v) is 7.71. The van der Waals surface area contributed by atoms with Crippen LogP contribution in [0.3, 0.4) is 0 Å². The Morgan fingerprint density at radius 3 is 1.52 bits per heavy atom. The molecule has 3 fully saturated rings. The lowest BCUT2D eigenvalue weighted by Crippen LogP contribution is -2.30. The molecule has 0 radical (unpaired) electrons. The van der Waals surface area contributed by atoms with Gasteiger partial charge in [0.05, 0.1) is 0 Å². The van der Waals surface area contributed by atoms with Gasteiger partial charge in [0, 0.05) is 10.8 Å². The predicted molar refractivity (Wildman–Crippen MR) is 85.6 cm³/mol. The molecule has 4 aliphatic carbocycles. The third kappa shape index (κ3) is 0.790. The van der Waals surface area contributed by atoms with E-state index in [0.717, 1.165) is 0 Å². The van der Waals surface area contributed by atoms with Crippen molar-refractivity contribution in [3.63, 3.8) is 0 Å². The number of hydrogen-bond acceptors (Lipinski definition) is 0. The maximum atomic E-state index is 2.51. The van der Waals surface area contributed by atoms with Gasteiger partial charge in [-0.2, -0.15) is 0 Å². The second-order valence-corrected chi connectivity index (χ2v) is 7.99. The summed E-state index contributed by atoms with van der Waals surface area (Å²) in [5.74, 6) is 0. The minimum absolute atomic E-state index is 0.530. The van der Waals surface area contributed by atoms with Gasteiger partial charge in [0.15, 0.2) is 0 Å². The maximum Gasteiger partial charge on any atom is 0.0127 e. The first-order chi connectivity index (χ1) is 10.2. The van der Waals surface area contributed by atoms with E-state index in [2.05, 4.69) is 50.2 Å². The fourth-order valence-electron chi connectivity index (χ4n) is 6.92. The van der Waals surface area contributed by atoms with E-state index in [1.165, 1.54) is 47.9 Å². The molecule has 0 N–H and O–H groups in total. The van der Waals surface area contributed by atoms with Gasteiger partial charge >= 0.3 is 0 Å². The summed E-state index contributed by atoms with van der Waals surface area (Å²) in [7, 11) is 0. The molecule has 0 heterocycles. The van der Waals surface area contributed by atoms with Crippen LogP contribution in [0.1, 0.15) is 47.9 Å². The molecule has 0 aromatic heterocycles. The van der Waals surface area contributed by atoms with Crippen molar-refractivity contribution >= 4 is 0 Å². The van der Waals surface area contributed by atoms with Crippen LogP contribution in [0.4, 0.5) is 0 Å². The molecule has 2 aromatic carbocycles. The molecule has 0 amide bonds. The van der Waals surface area contributed by atoms with Gasteiger partial charge in [-0.3, -0.25) is 0 Å². The van der Waals surface area contributed by atoms with Crippen LogP contribution in [-0.4, -0.2) is 0 Å². The maximum absolute atomic E-state index is 2.51. The quantitative estimate of drug-likeness (QED) is 0.629. The summed E-state index contributed by atoms with van der Waals surface area (Å²) in [6, 6.07) is 14.4. The van der Waals surface area contributed by atoms with E-state index in [4.69, 9.17) is 0 Å². The highest BCUT2D eigenvalue weighted by atomic mass is 15.0. The Kier molecular flexibility index (Phi) is 1.50. The van der Waals surface area contributed by atoms with Gasteiger partial charge in [-0.25, -0.2) is 0 Å². The second-order valence-electron chi connectivity index (χ2n) is 7.99. The Morgan fingerprint density at radius 1 is 0.667 bits per heavy atom. The number of aryl methyl sites for hydroxylation is 2. The van der Waals surface area contributed by atoms with Gasteiger partial charge in [-0.1, -0.05) is 47.5 Å². The van der Waals surface area contributed by atoms with Gasteiger partial charge in [0.1, 0.15) is 0 Å². The van der Waals surface area contributed by atoms with Crippen molar-refractivity contribution in [3.05, 3.63) is 58.7 Å². The van der Waals surface area contributed by atoms with Crippen LogP contribution < -0.4 is 0 Å². The minimum Gasteiger partial charge on any atom is -0.0587 e. The number of benzene rings is 2. The van der Waals surface area contributed by atoms with Gasteiger partial charge in [-0.05, 0) is 67.2 Å². The van der Waals surface area contributed by atoms with Gasteiger partial charge in [0.25, 0.3) is 0 Å². The Morgan fingerprint density at radius 2 is 1.14 bits per heavy atom. The summed E-state index contributed by atoms with van der Waals surface area (Å²) in [6.45, 7) is 4.51. The molecule has 6 rings (SSSR count). The second kappa shape index (κ2) is 2.84. The highest BCUT2D eigenvalue weighted by Gasteiger charge is 2.96.